The van der Waals surface area contributed by atoms with Crippen molar-refractivity contribution in [2.45, 2.75) is 110 Å². The fourth-order valence-corrected chi connectivity index (χ4v) is 4.73. The van der Waals surface area contributed by atoms with Crippen molar-refractivity contribution >= 4 is 19.0 Å². The molecule has 0 bridgehead atoms. The summed E-state index contributed by atoms with van der Waals surface area (Å²) >= 11 is 0. The molecule has 0 aliphatic rings. The molecular formula is C32H49BO3. The Balaban J connectivity index is 2.31. The first kappa shape index (κ1) is 30.3. The van der Waals surface area contributed by atoms with Gasteiger partial charge in [-0.3, -0.25) is 0 Å². The Labute approximate surface area is 221 Å². The van der Waals surface area contributed by atoms with Crippen LogP contribution in [-0.4, -0.2) is 36.5 Å². The van der Waals surface area contributed by atoms with E-state index in [9.17, 15) is 5.11 Å². The highest BCUT2D eigenvalue weighted by molar-refractivity contribution is 6.47. The predicted molar refractivity (Wildman–Crippen MR) is 157 cm³/mol. The molecule has 1 N–H and O–H groups in total. The smallest absolute Gasteiger partial charge is 0.309 e. The van der Waals surface area contributed by atoms with Gasteiger partial charge in [0.2, 0.25) is 0 Å². The minimum absolute atomic E-state index is 0.0444. The Hall–Kier alpha value is -1.88. The van der Waals surface area contributed by atoms with Crippen LogP contribution in [0.5, 0.6) is 0 Å². The van der Waals surface area contributed by atoms with E-state index in [4.69, 9.17) is 9.39 Å². The van der Waals surface area contributed by atoms with Gasteiger partial charge in [-0.1, -0.05) is 87.8 Å². The van der Waals surface area contributed by atoms with Gasteiger partial charge in [-0.15, -0.1) is 0 Å². The Morgan fingerprint density at radius 1 is 0.806 bits per heavy atom. The number of hydrogen-bond acceptors (Lipinski definition) is 3. The quantitative estimate of drug-likeness (QED) is 0.311. The molecule has 0 saturated heterocycles. The molecule has 198 valence electrons. The van der Waals surface area contributed by atoms with Gasteiger partial charge >= 0.3 is 7.48 Å². The second-order valence-corrected chi connectivity index (χ2v) is 11.2. The summed E-state index contributed by atoms with van der Waals surface area (Å²) in [7, 11) is 2.28. The average Bonchev–Trinajstić information content (AvgIpc) is 2.88. The number of rotatable bonds is 13. The summed E-state index contributed by atoms with van der Waals surface area (Å²) in [6, 6.07) is 15.7. The molecule has 0 heterocycles. The highest BCUT2D eigenvalue weighted by Crippen LogP contribution is 2.39. The molecule has 0 aliphatic heterocycles. The molecule has 0 fully saturated rings. The molecular weight excluding hydrogens is 443 g/mol. The zero-order valence-electron chi connectivity index (χ0n) is 24.5. The number of aliphatic hydroxyl groups is 1. The van der Waals surface area contributed by atoms with Gasteiger partial charge in [0.1, 0.15) is 0 Å². The second-order valence-electron chi connectivity index (χ2n) is 11.2. The number of aryl methyl sites for hydroxylation is 1. The van der Waals surface area contributed by atoms with Crippen molar-refractivity contribution < 1.29 is 14.5 Å². The van der Waals surface area contributed by atoms with E-state index in [1.807, 2.05) is 19.9 Å². The van der Waals surface area contributed by atoms with Crippen LogP contribution < -0.4 is 5.46 Å². The Morgan fingerprint density at radius 2 is 1.36 bits per heavy atom. The van der Waals surface area contributed by atoms with Crippen LogP contribution in [0.4, 0.5) is 0 Å². The molecule has 0 amide bonds. The van der Waals surface area contributed by atoms with Crippen LogP contribution in [0, 0.1) is 6.92 Å². The Bertz CT molecular complexity index is 997. The van der Waals surface area contributed by atoms with Crippen molar-refractivity contribution in [3.63, 3.8) is 0 Å². The summed E-state index contributed by atoms with van der Waals surface area (Å²) in [4.78, 5) is 0. The normalized spacial score (nSPS) is 13.4. The lowest BCUT2D eigenvalue weighted by Gasteiger charge is -2.40. The summed E-state index contributed by atoms with van der Waals surface area (Å²) in [5, 5.41) is 10.6. The lowest BCUT2D eigenvalue weighted by atomic mass is 9.69. The van der Waals surface area contributed by atoms with Gasteiger partial charge in [-0.05, 0) is 82.6 Å². The van der Waals surface area contributed by atoms with Crippen LogP contribution in [0.1, 0.15) is 103 Å². The van der Waals surface area contributed by atoms with E-state index in [-0.39, 0.29) is 11.0 Å². The molecule has 36 heavy (non-hydrogen) atoms. The minimum atomic E-state index is -0.734. The fraction of sp³-hybridized carbons (Fsp3) is 0.562. The lowest BCUT2D eigenvalue weighted by Crippen LogP contribution is -2.50. The van der Waals surface area contributed by atoms with E-state index in [0.29, 0.717) is 20.3 Å². The van der Waals surface area contributed by atoms with Crippen LogP contribution >= 0.6 is 0 Å². The summed E-state index contributed by atoms with van der Waals surface area (Å²) in [5.74, 6) is 0. The van der Waals surface area contributed by atoms with Crippen molar-refractivity contribution in [2.24, 2.45) is 0 Å². The maximum absolute atomic E-state index is 10.6. The van der Waals surface area contributed by atoms with Crippen molar-refractivity contribution in [1.82, 2.24) is 0 Å². The molecule has 4 heteroatoms. The van der Waals surface area contributed by atoms with Gasteiger partial charge in [0.15, 0.2) is 0 Å². The molecule has 3 nitrogen and oxygen atoms in total. The summed E-state index contributed by atoms with van der Waals surface area (Å²) < 4.78 is 11.9. The first-order valence-electron chi connectivity index (χ1n) is 13.6. The zero-order chi connectivity index (χ0) is 27.2. The third kappa shape index (κ3) is 6.51. The first-order valence-corrected chi connectivity index (χ1v) is 13.6. The highest BCUT2D eigenvalue weighted by atomic mass is 16.5. The largest absolute Gasteiger partial charge is 0.427 e. The van der Waals surface area contributed by atoms with E-state index in [1.165, 1.54) is 16.7 Å². The van der Waals surface area contributed by atoms with Crippen LogP contribution in [0.3, 0.4) is 0 Å². The number of benzene rings is 2. The number of ether oxygens (including phenoxy) is 1. The van der Waals surface area contributed by atoms with Crippen LogP contribution in [0.25, 0.3) is 6.08 Å². The van der Waals surface area contributed by atoms with Gasteiger partial charge in [-0.25, -0.2) is 0 Å². The Morgan fingerprint density at radius 3 is 1.83 bits per heavy atom. The highest BCUT2D eigenvalue weighted by Gasteiger charge is 2.38. The van der Waals surface area contributed by atoms with Crippen LogP contribution in [0.2, 0.25) is 0 Å². The fourth-order valence-electron chi connectivity index (χ4n) is 4.73. The van der Waals surface area contributed by atoms with Gasteiger partial charge in [0, 0.05) is 12.5 Å². The molecule has 0 aromatic heterocycles. The zero-order valence-corrected chi connectivity index (χ0v) is 24.5. The minimum Gasteiger partial charge on any atom is -0.427 e. The van der Waals surface area contributed by atoms with Crippen molar-refractivity contribution in [1.29, 1.82) is 0 Å². The van der Waals surface area contributed by atoms with Gasteiger partial charge in [0.05, 0.1) is 16.8 Å². The van der Waals surface area contributed by atoms with Gasteiger partial charge in [0.25, 0.3) is 0 Å². The molecule has 2 aromatic rings. The van der Waals surface area contributed by atoms with Crippen LogP contribution in [-0.2, 0) is 14.8 Å². The van der Waals surface area contributed by atoms with E-state index < -0.39 is 11.2 Å². The molecule has 0 aliphatic carbocycles. The molecule has 2 aromatic carbocycles. The third-order valence-corrected chi connectivity index (χ3v) is 8.89. The predicted octanol–water partition coefficient (Wildman–Crippen LogP) is 6.86. The van der Waals surface area contributed by atoms with Gasteiger partial charge < -0.3 is 14.5 Å². The summed E-state index contributed by atoms with van der Waals surface area (Å²) in [6.07, 6.45) is 7.51. The molecule has 0 unspecified atom stereocenters. The standard InChI is InChI=1S/C32H49BO3/c1-11-31(34,12-2)22-21-25-15-16-27(23-24(25)5)32(13-3,14-4)26-17-19-28(20-18-26)33-36-30(8,9)29(6,7)35-10/h15-23,33-34H,11-14H2,1-10H3/b22-21+. The molecule has 0 saturated carbocycles. The number of methoxy groups -OCH3 is 1. The van der Waals surface area contributed by atoms with Gasteiger partial charge in [-0.2, -0.15) is 0 Å². The molecule has 2 rings (SSSR count). The molecule has 0 radical (unpaired) electrons. The van der Waals surface area contributed by atoms with E-state index >= 15 is 0 Å². The Kier molecular flexibility index (Phi) is 10.2. The van der Waals surface area contributed by atoms with Crippen molar-refractivity contribution in [3.8, 4) is 0 Å². The summed E-state index contributed by atoms with van der Waals surface area (Å²) in [5.41, 5.74) is 4.67. The monoisotopic (exact) mass is 492 g/mol. The topological polar surface area (TPSA) is 38.7 Å². The van der Waals surface area contributed by atoms with E-state index in [0.717, 1.165) is 23.9 Å². The van der Waals surface area contributed by atoms with E-state index in [1.54, 1.807) is 7.11 Å². The third-order valence-electron chi connectivity index (χ3n) is 8.89. The van der Waals surface area contributed by atoms with Crippen molar-refractivity contribution in [3.05, 3.63) is 70.8 Å². The molecule has 0 atom stereocenters. The maximum atomic E-state index is 10.6. The average molecular weight is 493 g/mol. The first-order chi connectivity index (χ1) is 16.8. The number of hydrogen-bond donors (Lipinski definition) is 1. The van der Waals surface area contributed by atoms with Crippen LogP contribution in [0.15, 0.2) is 48.5 Å². The maximum Gasteiger partial charge on any atom is 0.309 e. The lowest BCUT2D eigenvalue weighted by molar-refractivity contribution is -0.114. The second kappa shape index (κ2) is 12.1. The SMILES string of the molecule is CCC(O)(/C=C/c1ccc(C(CC)(CC)c2ccc(BOC(C)(C)C(C)(C)OC)cc2)cc1C)CC. The van der Waals surface area contributed by atoms with E-state index in [2.05, 4.69) is 97.0 Å². The summed E-state index contributed by atoms with van der Waals surface area (Å²) in [6.45, 7) is 19.1. The van der Waals surface area contributed by atoms with Crippen molar-refractivity contribution in [2.75, 3.05) is 7.11 Å². The molecule has 0 spiro atoms.